The largest absolute Gasteiger partial charge is 0.383 e. The van der Waals surface area contributed by atoms with Gasteiger partial charge in [-0.1, -0.05) is 29.3 Å². The summed E-state index contributed by atoms with van der Waals surface area (Å²) in [4.78, 5) is 11.5. The highest BCUT2D eigenvalue weighted by molar-refractivity contribution is 5.77. The molecular weight excluding hydrogens is 240 g/mol. The first-order chi connectivity index (χ1) is 9.11. The van der Waals surface area contributed by atoms with Gasteiger partial charge in [-0.05, 0) is 25.8 Å². The molecule has 0 aromatic heterocycles. The van der Waals surface area contributed by atoms with Crippen molar-refractivity contribution in [1.82, 2.24) is 10.6 Å². The molecule has 0 aliphatic heterocycles. The van der Waals surface area contributed by atoms with Crippen LogP contribution < -0.4 is 10.6 Å². The van der Waals surface area contributed by atoms with Crippen LogP contribution in [0.15, 0.2) is 18.2 Å². The van der Waals surface area contributed by atoms with Gasteiger partial charge in [0.2, 0.25) is 5.91 Å². The molecule has 106 valence electrons. The van der Waals surface area contributed by atoms with Crippen LogP contribution in [0, 0.1) is 13.8 Å². The quantitative estimate of drug-likeness (QED) is 0.694. The number of ether oxygens (including phenoxy) is 1. The van der Waals surface area contributed by atoms with Gasteiger partial charge in [0.15, 0.2) is 0 Å². The van der Waals surface area contributed by atoms with E-state index < -0.39 is 0 Å². The van der Waals surface area contributed by atoms with E-state index in [9.17, 15) is 4.79 Å². The number of carbonyl (C=O) groups excluding carboxylic acids is 1. The molecule has 1 aromatic carbocycles. The molecule has 0 bridgehead atoms. The van der Waals surface area contributed by atoms with Crippen molar-refractivity contribution in [3.05, 3.63) is 34.9 Å². The molecule has 1 amide bonds. The van der Waals surface area contributed by atoms with E-state index in [4.69, 9.17) is 4.74 Å². The third-order valence-electron chi connectivity index (χ3n) is 2.79. The van der Waals surface area contributed by atoms with Crippen molar-refractivity contribution in [3.8, 4) is 0 Å². The van der Waals surface area contributed by atoms with Crippen LogP contribution in [0.25, 0.3) is 0 Å². The fraction of sp³-hybridized carbons (Fsp3) is 0.533. The third-order valence-corrected chi connectivity index (χ3v) is 2.79. The minimum Gasteiger partial charge on any atom is -0.383 e. The Balaban J connectivity index is 2.20. The van der Waals surface area contributed by atoms with Gasteiger partial charge < -0.3 is 15.4 Å². The molecule has 0 radical (unpaired) electrons. The molecule has 0 aliphatic carbocycles. The maximum Gasteiger partial charge on any atom is 0.233 e. The minimum atomic E-state index is 0.0282. The first-order valence-electron chi connectivity index (χ1n) is 6.65. The zero-order chi connectivity index (χ0) is 14.1. The summed E-state index contributed by atoms with van der Waals surface area (Å²) in [6.07, 6.45) is 0.867. The third kappa shape index (κ3) is 6.94. The molecule has 0 saturated carbocycles. The number of hydrogen-bond donors (Lipinski definition) is 2. The van der Waals surface area contributed by atoms with Gasteiger partial charge in [0.05, 0.1) is 13.2 Å². The van der Waals surface area contributed by atoms with Crippen LogP contribution in [0.2, 0.25) is 0 Å². The van der Waals surface area contributed by atoms with E-state index in [-0.39, 0.29) is 5.91 Å². The maximum atomic E-state index is 11.5. The predicted molar refractivity (Wildman–Crippen MR) is 77.4 cm³/mol. The van der Waals surface area contributed by atoms with Gasteiger partial charge in [-0.2, -0.15) is 0 Å². The van der Waals surface area contributed by atoms with Crippen LogP contribution >= 0.6 is 0 Å². The van der Waals surface area contributed by atoms with Crippen LogP contribution in [0.4, 0.5) is 0 Å². The van der Waals surface area contributed by atoms with Crippen molar-refractivity contribution in [2.75, 3.05) is 33.4 Å². The lowest BCUT2D eigenvalue weighted by Gasteiger charge is -2.08. The van der Waals surface area contributed by atoms with E-state index in [0.717, 1.165) is 6.42 Å². The van der Waals surface area contributed by atoms with Gasteiger partial charge >= 0.3 is 0 Å². The SMILES string of the molecule is COCCNCC(=O)NCCc1cc(C)cc(C)c1. The highest BCUT2D eigenvalue weighted by Crippen LogP contribution is 2.08. The number of hydrogen-bond acceptors (Lipinski definition) is 3. The molecule has 2 N–H and O–H groups in total. The number of methoxy groups -OCH3 is 1. The molecule has 0 saturated heterocycles. The Morgan fingerprint density at radius 1 is 1.16 bits per heavy atom. The molecule has 0 aliphatic rings. The van der Waals surface area contributed by atoms with Crippen molar-refractivity contribution in [3.63, 3.8) is 0 Å². The number of benzene rings is 1. The molecule has 0 fully saturated rings. The van der Waals surface area contributed by atoms with Gasteiger partial charge in [-0.25, -0.2) is 0 Å². The van der Waals surface area contributed by atoms with E-state index in [1.165, 1.54) is 16.7 Å². The van der Waals surface area contributed by atoms with E-state index in [1.807, 2.05) is 0 Å². The summed E-state index contributed by atoms with van der Waals surface area (Å²) >= 11 is 0. The summed E-state index contributed by atoms with van der Waals surface area (Å²) in [5.41, 5.74) is 3.80. The van der Waals surface area contributed by atoms with Crippen LogP contribution in [-0.4, -0.2) is 39.3 Å². The van der Waals surface area contributed by atoms with Crippen molar-refractivity contribution in [2.24, 2.45) is 0 Å². The fourth-order valence-corrected chi connectivity index (χ4v) is 2.00. The first kappa shape index (κ1) is 15.7. The van der Waals surface area contributed by atoms with Crippen LogP contribution in [0.1, 0.15) is 16.7 Å². The maximum absolute atomic E-state index is 11.5. The van der Waals surface area contributed by atoms with E-state index in [2.05, 4.69) is 42.7 Å². The molecule has 4 nitrogen and oxygen atoms in total. The van der Waals surface area contributed by atoms with Gasteiger partial charge in [-0.3, -0.25) is 4.79 Å². The molecule has 0 heterocycles. The Morgan fingerprint density at radius 3 is 2.47 bits per heavy atom. The van der Waals surface area contributed by atoms with Gasteiger partial charge in [0, 0.05) is 20.2 Å². The average molecular weight is 264 g/mol. The summed E-state index contributed by atoms with van der Waals surface area (Å²) in [6.45, 7) is 6.52. The minimum absolute atomic E-state index is 0.0282. The second kappa shape index (κ2) is 8.67. The Bertz CT molecular complexity index is 385. The zero-order valence-corrected chi connectivity index (χ0v) is 12.1. The first-order valence-corrected chi connectivity index (χ1v) is 6.65. The van der Waals surface area contributed by atoms with Crippen molar-refractivity contribution < 1.29 is 9.53 Å². The number of amides is 1. The van der Waals surface area contributed by atoms with E-state index >= 15 is 0 Å². The van der Waals surface area contributed by atoms with Crippen molar-refractivity contribution in [1.29, 1.82) is 0 Å². The number of nitrogens with one attached hydrogen (secondary N) is 2. The average Bonchev–Trinajstić information content (AvgIpc) is 2.33. The van der Waals surface area contributed by atoms with Crippen LogP contribution in [0.3, 0.4) is 0 Å². The Labute approximate surface area is 115 Å². The number of carbonyl (C=O) groups is 1. The predicted octanol–water partition coefficient (Wildman–Crippen LogP) is 1.20. The molecular formula is C15H24N2O2. The summed E-state index contributed by atoms with van der Waals surface area (Å²) in [5, 5.41) is 5.92. The molecule has 19 heavy (non-hydrogen) atoms. The Kier molecular flexibility index (Phi) is 7.15. The highest BCUT2D eigenvalue weighted by atomic mass is 16.5. The Morgan fingerprint density at radius 2 is 1.84 bits per heavy atom. The molecule has 1 rings (SSSR count). The Hall–Kier alpha value is -1.39. The van der Waals surface area contributed by atoms with Gasteiger partial charge in [0.25, 0.3) is 0 Å². The summed E-state index contributed by atoms with van der Waals surface area (Å²) < 4.78 is 4.89. The standard InChI is InChI=1S/C15H24N2O2/c1-12-8-13(2)10-14(9-12)4-5-17-15(18)11-16-6-7-19-3/h8-10,16H,4-7,11H2,1-3H3,(H,17,18). The topological polar surface area (TPSA) is 50.4 Å². The zero-order valence-electron chi connectivity index (χ0n) is 12.1. The monoisotopic (exact) mass is 264 g/mol. The number of aryl methyl sites for hydroxylation is 2. The summed E-state index contributed by atoms with van der Waals surface area (Å²) in [6, 6.07) is 6.48. The second-order valence-corrected chi connectivity index (χ2v) is 4.77. The van der Waals surface area contributed by atoms with Crippen molar-refractivity contribution in [2.45, 2.75) is 20.3 Å². The smallest absolute Gasteiger partial charge is 0.233 e. The summed E-state index contributed by atoms with van der Waals surface area (Å²) in [7, 11) is 1.64. The highest BCUT2D eigenvalue weighted by Gasteiger charge is 2.01. The second-order valence-electron chi connectivity index (χ2n) is 4.77. The van der Waals surface area contributed by atoms with E-state index in [0.29, 0.717) is 26.2 Å². The molecule has 0 unspecified atom stereocenters. The number of rotatable bonds is 8. The van der Waals surface area contributed by atoms with Crippen LogP contribution in [0.5, 0.6) is 0 Å². The lowest BCUT2D eigenvalue weighted by atomic mass is 10.1. The molecule has 0 atom stereocenters. The van der Waals surface area contributed by atoms with Crippen molar-refractivity contribution >= 4 is 5.91 Å². The fourth-order valence-electron chi connectivity index (χ4n) is 2.00. The van der Waals surface area contributed by atoms with Gasteiger partial charge in [0.1, 0.15) is 0 Å². The lowest BCUT2D eigenvalue weighted by molar-refractivity contribution is -0.120. The normalized spacial score (nSPS) is 10.5. The summed E-state index contributed by atoms with van der Waals surface area (Å²) in [5.74, 6) is 0.0282. The molecule has 1 aromatic rings. The van der Waals surface area contributed by atoms with E-state index in [1.54, 1.807) is 7.11 Å². The molecule has 4 heteroatoms. The lowest BCUT2D eigenvalue weighted by Crippen LogP contribution is -2.36. The molecule has 0 spiro atoms. The van der Waals surface area contributed by atoms with Gasteiger partial charge in [-0.15, -0.1) is 0 Å². The van der Waals surface area contributed by atoms with Crippen LogP contribution in [-0.2, 0) is 16.0 Å².